The van der Waals surface area contributed by atoms with Gasteiger partial charge in [0, 0.05) is 25.2 Å². The third-order valence-corrected chi connectivity index (χ3v) is 10.0. The second-order valence-electron chi connectivity index (χ2n) is 12.9. The lowest BCUT2D eigenvalue weighted by atomic mass is 9.77. The average Bonchev–Trinajstić information content (AvgIpc) is 3.49. The van der Waals surface area contributed by atoms with Crippen LogP contribution in [0.2, 0.25) is 0 Å². The highest BCUT2D eigenvalue weighted by Crippen LogP contribution is 2.49. The van der Waals surface area contributed by atoms with Crippen LogP contribution in [0.5, 0.6) is 5.75 Å². The summed E-state index contributed by atoms with van der Waals surface area (Å²) in [6, 6.07) is 14.4. The first-order valence-corrected chi connectivity index (χ1v) is 18.7. The lowest BCUT2D eigenvalue weighted by Gasteiger charge is -2.31. The number of alkyl carbamates (subject to hydrolysis) is 1. The predicted molar refractivity (Wildman–Crippen MR) is 189 cm³/mol. The minimum atomic E-state index is -4.57. The van der Waals surface area contributed by atoms with E-state index in [0.29, 0.717) is 5.56 Å². The fourth-order valence-corrected chi connectivity index (χ4v) is 7.22. The molecule has 2 aromatic rings. The number of nitrogens with one attached hydrogen (secondary N) is 2. The number of aliphatic carboxylic acids is 2. The highest BCUT2D eigenvalue weighted by molar-refractivity contribution is 7.52. The van der Waals surface area contributed by atoms with Crippen molar-refractivity contribution in [3.63, 3.8) is 0 Å². The van der Waals surface area contributed by atoms with Gasteiger partial charge in [-0.25, -0.2) is 14.2 Å². The van der Waals surface area contributed by atoms with Gasteiger partial charge in [0.2, 0.25) is 0 Å². The van der Waals surface area contributed by atoms with E-state index in [4.69, 9.17) is 28.0 Å². The third kappa shape index (κ3) is 13.4. The molecule has 18 heteroatoms. The van der Waals surface area contributed by atoms with Gasteiger partial charge in [0.1, 0.15) is 37.1 Å². The zero-order valence-electron chi connectivity index (χ0n) is 30.4. The van der Waals surface area contributed by atoms with E-state index in [0.717, 1.165) is 5.56 Å². The number of carboxylic acid groups (broad SMARTS) is 2. The van der Waals surface area contributed by atoms with Crippen molar-refractivity contribution < 1.29 is 66.7 Å². The zero-order valence-corrected chi connectivity index (χ0v) is 31.3. The summed E-state index contributed by atoms with van der Waals surface area (Å²) in [7, 11) is -3.40. The highest BCUT2D eigenvalue weighted by Gasteiger charge is 2.52. The summed E-state index contributed by atoms with van der Waals surface area (Å²) in [6.07, 6.45) is -1.93. The molecule has 0 bridgehead atoms. The molecule has 0 spiro atoms. The number of amides is 1. The molecule has 0 aromatic heterocycles. The maximum atomic E-state index is 14.3. The molecule has 4 N–H and O–H groups in total. The summed E-state index contributed by atoms with van der Waals surface area (Å²) < 4.78 is 47.0. The molecule has 0 saturated carbocycles. The second kappa shape index (κ2) is 20.4. The van der Waals surface area contributed by atoms with E-state index in [1.165, 1.54) is 38.3 Å². The van der Waals surface area contributed by atoms with Crippen molar-refractivity contribution in [1.29, 1.82) is 5.26 Å². The lowest BCUT2D eigenvalue weighted by molar-refractivity contribution is -0.149. The Labute approximate surface area is 312 Å². The van der Waals surface area contributed by atoms with Gasteiger partial charge in [-0.2, -0.15) is 10.3 Å². The van der Waals surface area contributed by atoms with Crippen molar-refractivity contribution in [3.05, 3.63) is 65.7 Å². The summed E-state index contributed by atoms with van der Waals surface area (Å²) >= 11 is 0. The normalized spacial score (nSPS) is 20.1. The Morgan fingerprint density at radius 1 is 0.963 bits per heavy atom. The van der Waals surface area contributed by atoms with Gasteiger partial charge in [-0.15, -0.1) is 0 Å². The van der Waals surface area contributed by atoms with Crippen molar-refractivity contribution in [1.82, 2.24) is 10.4 Å². The van der Waals surface area contributed by atoms with Gasteiger partial charge in [-0.05, 0) is 62.8 Å². The Balaban J connectivity index is 1.80. The minimum absolute atomic E-state index is 0.0213. The smallest absolute Gasteiger partial charge is 0.459 e. The fraction of sp³-hybridized carbons (Fsp3) is 0.500. The minimum Gasteiger partial charge on any atom is -0.481 e. The Kier molecular flexibility index (Phi) is 16.4. The quantitative estimate of drug-likeness (QED) is 0.0780. The topological polar surface area (TPSA) is 246 Å². The molecule has 1 aliphatic rings. The molecule has 1 saturated heterocycles. The maximum Gasteiger partial charge on any atom is 0.459 e. The summed E-state index contributed by atoms with van der Waals surface area (Å²) in [5, 5.41) is 33.9. The molecule has 0 aliphatic carbocycles. The molecule has 17 nitrogen and oxygen atoms in total. The number of benzene rings is 2. The number of carboxylic acids is 2. The number of ether oxygens (including phenoxy) is 4. The van der Waals surface area contributed by atoms with Gasteiger partial charge in [0.15, 0.2) is 5.60 Å². The second-order valence-corrected chi connectivity index (χ2v) is 14.6. The number of nitrogens with zero attached hydrogens (tertiary/aromatic N) is 1. The van der Waals surface area contributed by atoms with Crippen molar-refractivity contribution >= 4 is 37.7 Å². The highest BCUT2D eigenvalue weighted by atomic mass is 31.2. The van der Waals surface area contributed by atoms with Crippen LogP contribution >= 0.6 is 7.75 Å². The monoisotopic (exact) mass is 775 g/mol. The Hall–Kier alpha value is -5.01. The number of rotatable bonds is 21. The fourth-order valence-electron chi connectivity index (χ4n) is 5.70. The summed E-state index contributed by atoms with van der Waals surface area (Å²) in [6.45, 7) is 3.82. The molecule has 0 radical (unpaired) electrons. The number of carbonyl (C=O) groups is 5. The SMILES string of the molecule is COC(=O)[C@H](Cc1ccc(OP(=O)(N[C@@H](C)C(=O)OC(C)C)OCC2(C#N)OCC(CCC(=O)O)C2CCC(=O)O)cc1)NC(=O)OCc1ccccc1. The van der Waals surface area contributed by atoms with E-state index in [-0.39, 0.29) is 51.1 Å². The first kappa shape index (κ1) is 43.4. The molecule has 2 aromatic carbocycles. The number of nitriles is 1. The van der Waals surface area contributed by atoms with Crippen molar-refractivity contribution in [2.45, 2.75) is 83.3 Å². The number of hydrogen-bond acceptors (Lipinski definition) is 13. The predicted octanol–water partition coefficient (Wildman–Crippen LogP) is 4.38. The number of esters is 2. The maximum absolute atomic E-state index is 14.3. The van der Waals surface area contributed by atoms with Gasteiger partial charge in [-0.1, -0.05) is 42.5 Å². The van der Waals surface area contributed by atoms with Crippen LogP contribution in [0.25, 0.3) is 0 Å². The molecule has 3 rings (SSSR count). The summed E-state index contributed by atoms with van der Waals surface area (Å²) in [5.41, 5.74) is -0.560. The van der Waals surface area contributed by atoms with Gasteiger partial charge < -0.3 is 39.0 Å². The van der Waals surface area contributed by atoms with Crippen LogP contribution in [0.1, 0.15) is 57.6 Å². The molecule has 6 atom stereocenters. The average molecular weight is 776 g/mol. The standard InChI is InChI=1S/C36H46N3O14P/c1-23(2)52-33(44)24(3)39-54(47,51-22-36(21-37)29(15-17-32(42)43)27(20-50-36)12-16-31(40)41)53-28-13-10-25(11-14-28)18-30(34(45)48-4)38-35(46)49-19-26-8-6-5-7-9-26/h5-11,13-14,23-24,27,29-30H,12,15-20,22H2,1-4H3,(H,38,46)(H,39,47)(H,40,41)(H,42,43)/t24-,27?,29?,30-,36?,54?/m0/s1. The largest absolute Gasteiger partial charge is 0.481 e. The molecular formula is C36H46N3O14P. The number of hydrogen-bond donors (Lipinski definition) is 4. The van der Waals surface area contributed by atoms with Crippen molar-refractivity contribution in [3.8, 4) is 11.8 Å². The Morgan fingerprint density at radius 2 is 1.61 bits per heavy atom. The molecule has 1 amide bonds. The van der Waals surface area contributed by atoms with Gasteiger partial charge in [-0.3, -0.25) is 18.9 Å². The molecule has 4 unspecified atom stereocenters. The van der Waals surface area contributed by atoms with E-state index in [1.807, 2.05) is 12.1 Å². The number of carbonyl (C=O) groups excluding carboxylic acids is 3. The summed E-state index contributed by atoms with van der Waals surface area (Å²) in [5.74, 6) is -5.07. The van der Waals surface area contributed by atoms with Gasteiger partial charge in [0.25, 0.3) is 0 Å². The third-order valence-electron chi connectivity index (χ3n) is 8.40. The van der Waals surface area contributed by atoms with Crippen LogP contribution in [-0.4, -0.2) is 84.3 Å². The van der Waals surface area contributed by atoms with Gasteiger partial charge in [0.05, 0.1) is 19.8 Å². The molecular weight excluding hydrogens is 729 g/mol. The molecule has 294 valence electrons. The van der Waals surface area contributed by atoms with E-state index in [2.05, 4.69) is 10.4 Å². The summed E-state index contributed by atoms with van der Waals surface area (Å²) in [4.78, 5) is 60.4. The Morgan fingerprint density at radius 3 is 2.20 bits per heavy atom. The zero-order chi connectivity index (χ0) is 39.9. The van der Waals surface area contributed by atoms with E-state index < -0.39 is 79.9 Å². The van der Waals surface area contributed by atoms with Crippen molar-refractivity contribution in [2.75, 3.05) is 20.3 Å². The van der Waals surface area contributed by atoms with Gasteiger partial charge >= 0.3 is 37.7 Å². The van der Waals surface area contributed by atoms with Crippen LogP contribution < -0.4 is 14.9 Å². The first-order valence-electron chi connectivity index (χ1n) is 17.1. The van der Waals surface area contributed by atoms with Crippen LogP contribution in [0, 0.1) is 23.2 Å². The molecule has 54 heavy (non-hydrogen) atoms. The van der Waals surface area contributed by atoms with E-state index >= 15 is 0 Å². The lowest BCUT2D eigenvalue weighted by Crippen LogP contribution is -2.43. The van der Waals surface area contributed by atoms with Crippen LogP contribution in [0.4, 0.5) is 4.79 Å². The number of methoxy groups -OCH3 is 1. The van der Waals surface area contributed by atoms with Crippen molar-refractivity contribution in [2.24, 2.45) is 11.8 Å². The molecule has 1 fully saturated rings. The molecule has 1 aliphatic heterocycles. The first-order chi connectivity index (χ1) is 25.6. The van der Waals surface area contributed by atoms with E-state index in [9.17, 15) is 44.0 Å². The molecule has 1 heterocycles. The van der Waals surface area contributed by atoms with Crippen LogP contribution in [-0.2, 0) is 60.2 Å². The Bertz CT molecular complexity index is 1680. The van der Waals surface area contributed by atoms with Crippen LogP contribution in [0.15, 0.2) is 54.6 Å². The van der Waals surface area contributed by atoms with Crippen LogP contribution in [0.3, 0.4) is 0 Å². The van der Waals surface area contributed by atoms with E-state index in [1.54, 1.807) is 38.1 Å².